The molecule has 2 heterocycles. The van der Waals surface area contributed by atoms with E-state index in [4.69, 9.17) is 9.47 Å². The van der Waals surface area contributed by atoms with Crippen molar-refractivity contribution in [3.8, 4) is 16.9 Å². The fraction of sp³-hybridized carbons (Fsp3) is 0.179. The molecule has 3 aromatic carbocycles. The third-order valence-corrected chi connectivity index (χ3v) is 6.13. The molecular weight excluding hydrogens is 428 g/mol. The summed E-state index contributed by atoms with van der Waals surface area (Å²) in [6.07, 6.45) is 1.50. The Bertz CT molecular complexity index is 1350. The molecule has 4 aromatic rings. The molecule has 0 saturated heterocycles. The van der Waals surface area contributed by atoms with Gasteiger partial charge in [-0.1, -0.05) is 42.5 Å². The number of carbonyl (C=O) groups excluding carboxylic acids is 2. The molecule has 6 heteroatoms. The Morgan fingerprint density at radius 2 is 1.59 bits per heavy atom. The van der Waals surface area contributed by atoms with Crippen molar-refractivity contribution in [2.75, 3.05) is 13.7 Å². The van der Waals surface area contributed by atoms with Gasteiger partial charge in [0.1, 0.15) is 12.0 Å². The summed E-state index contributed by atoms with van der Waals surface area (Å²) < 4.78 is 11.5. The lowest BCUT2D eigenvalue weighted by atomic mass is 9.98. The van der Waals surface area contributed by atoms with Crippen LogP contribution in [0.3, 0.4) is 0 Å². The van der Waals surface area contributed by atoms with E-state index >= 15 is 0 Å². The maximum atomic E-state index is 12.8. The lowest BCUT2D eigenvalue weighted by Crippen LogP contribution is -2.41. The summed E-state index contributed by atoms with van der Waals surface area (Å²) in [6.45, 7) is 2.28. The highest BCUT2D eigenvalue weighted by molar-refractivity contribution is 6.21. The van der Waals surface area contributed by atoms with Gasteiger partial charge in [0.2, 0.25) is 0 Å². The summed E-state index contributed by atoms with van der Waals surface area (Å²) in [5.74, 6) is 0.0229. The molecule has 6 nitrogen and oxygen atoms in total. The Labute approximate surface area is 197 Å². The van der Waals surface area contributed by atoms with Gasteiger partial charge in [0, 0.05) is 36.4 Å². The second-order valence-corrected chi connectivity index (χ2v) is 8.19. The SMILES string of the molecule is COC(CCOc1ccc2cnc(C)c(-c3ccccc3)c2c1)N1C(=O)c2ccccc2C1=O. The first-order chi connectivity index (χ1) is 16.6. The zero-order chi connectivity index (χ0) is 23.7. The molecule has 170 valence electrons. The van der Waals surface area contributed by atoms with E-state index in [2.05, 4.69) is 17.1 Å². The fourth-order valence-corrected chi connectivity index (χ4v) is 4.45. The normalized spacial score (nSPS) is 13.9. The smallest absolute Gasteiger partial charge is 0.263 e. The van der Waals surface area contributed by atoms with E-state index in [0.717, 1.165) is 27.6 Å². The monoisotopic (exact) mass is 452 g/mol. The first-order valence-electron chi connectivity index (χ1n) is 11.2. The van der Waals surface area contributed by atoms with E-state index in [9.17, 15) is 9.59 Å². The number of benzene rings is 3. The number of carbonyl (C=O) groups is 2. The minimum Gasteiger partial charge on any atom is -0.493 e. The largest absolute Gasteiger partial charge is 0.493 e. The van der Waals surface area contributed by atoms with Crippen LogP contribution >= 0.6 is 0 Å². The molecule has 0 radical (unpaired) electrons. The second-order valence-electron chi connectivity index (χ2n) is 8.19. The van der Waals surface area contributed by atoms with Crippen molar-refractivity contribution >= 4 is 22.6 Å². The highest BCUT2D eigenvalue weighted by Crippen LogP contribution is 2.33. The molecule has 0 N–H and O–H groups in total. The number of aryl methyl sites for hydroxylation is 1. The first kappa shape index (κ1) is 21.8. The lowest BCUT2D eigenvalue weighted by molar-refractivity contribution is -0.0188. The highest BCUT2D eigenvalue weighted by Gasteiger charge is 2.39. The molecule has 1 aromatic heterocycles. The zero-order valence-electron chi connectivity index (χ0n) is 19.0. The van der Waals surface area contributed by atoms with Crippen molar-refractivity contribution in [2.24, 2.45) is 0 Å². The zero-order valence-corrected chi connectivity index (χ0v) is 19.0. The number of hydrogen-bond donors (Lipinski definition) is 0. The average Bonchev–Trinajstić information content (AvgIpc) is 3.12. The fourth-order valence-electron chi connectivity index (χ4n) is 4.45. The summed E-state index contributed by atoms with van der Waals surface area (Å²) in [5, 5.41) is 2.08. The van der Waals surface area contributed by atoms with Crippen LogP contribution in [0.1, 0.15) is 32.8 Å². The number of nitrogens with zero attached hydrogens (tertiary/aromatic N) is 2. The maximum absolute atomic E-state index is 12.8. The number of imide groups is 1. The van der Waals surface area contributed by atoms with Crippen LogP contribution in [0, 0.1) is 6.92 Å². The van der Waals surface area contributed by atoms with E-state index in [1.165, 1.54) is 12.0 Å². The van der Waals surface area contributed by atoms with Crippen LogP contribution in [-0.4, -0.2) is 41.6 Å². The summed E-state index contributed by atoms with van der Waals surface area (Å²) in [4.78, 5) is 31.3. The van der Waals surface area contributed by atoms with Gasteiger partial charge in [-0.3, -0.25) is 14.6 Å². The number of fused-ring (bicyclic) bond motifs is 2. The minimum atomic E-state index is -0.709. The highest BCUT2D eigenvalue weighted by atomic mass is 16.5. The van der Waals surface area contributed by atoms with E-state index in [1.807, 2.05) is 49.5 Å². The molecule has 1 unspecified atom stereocenters. The molecule has 0 aliphatic carbocycles. The average molecular weight is 453 g/mol. The lowest BCUT2D eigenvalue weighted by Gasteiger charge is -2.24. The summed E-state index contributed by atoms with van der Waals surface area (Å²) in [6, 6.07) is 22.9. The standard InChI is InChI=1S/C28H24N2O4/c1-18-26(19-8-4-3-5-9-19)24-16-21(13-12-20(24)17-29-18)34-15-14-25(33-2)30-27(31)22-10-6-7-11-23(22)28(30)32/h3-13,16-17,25H,14-15H2,1-2H3. The molecule has 0 saturated carbocycles. The van der Waals surface area contributed by atoms with Crippen LogP contribution < -0.4 is 4.74 Å². The summed E-state index contributed by atoms with van der Waals surface area (Å²) in [5.41, 5.74) is 3.93. The van der Waals surface area contributed by atoms with Gasteiger partial charge in [0.25, 0.3) is 11.8 Å². The van der Waals surface area contributed by atoms with Crippen LogP contribution in [0.2, 0.25) is 0 Å². The number of hydrogen-bond acceptors (Lipinski definition) is 5. The van der Waals surface area contributed by atoms with Crippen LogP contribution in [0.5, 0.6) is 5.75 Å². The molecule has 0 fully saturated rings. The van der Waals surface area contributed by atoms with Gasteiger partial charge in [0.15, 0.2) is 0 Å². The summed E-state index contributed by atoms with van der Waals surface area (Å²) in [7, 11) is 1.49. The van der Waals surface area contributed by atoms with Gasteiger partial charge in [-0.15, -0.1) is 0 Å². The van der Waals surface area contributed by atoms with Gasteiger partial charge in [-0.25, -0.2) is 4.90 Å². The molecule has 5 rings (SSSR count). The van der Waals surface area contributed by atoms with Gasteiger partial charge in [0.05, 0.1) is 17.7 Å². The summed E-state index contributed by atoms with van der Waals surface area (Å²) >= 11 is 0. The van der Waals surface area contributed by atoms with Crippen LogP contribution in [0.4, 0.5) is 0 Å². The minimum absolute atomic E-state index is 0.280. The third kappa shape index (κ3) is 3.82. The molecule has 1 aliphatic heterocycles. The Balaban J connectivity index is 1.34. The molecule has 0 bridgehead atoms. The maximum Gasteiger partial charge on any atom is 0.263 e. The predicted molar refractivity (Wildman–Crippen MR) is 130 cm³/mol. The van der Waals surface area contributed by atoms with Crippen molar-refractivity contribution in [1.29, 1.82) is 0 Å². The topological polar surface area (TPSA) is 68.7 Å². The predicted octanol–water partition coefficient (Wildman–Crippen LogP) is 5.25. The number of rotatable bonds is 7. The third-order valence-electron chi connectivity index (χ3n) is 6.13. The molecule has 0 spiro atoms. The number of ether oxygens (including phenoxy) is 2. The Hall–Kier alpha value is -4.03. The van der Waals surface area contributed by atoms with E-state index in [-0.39, 0.29) is 18.4 Å². The van der Waals surface area contributed by atoms with Crippen molar-refractivity contribution in [3.63, 3.8) is 0 Å². The van der Waals surface area contributed by atoms with Gasteiger partial charge in [-0.2, -0.15) is 0 Å². The number of aromatic nitrogens is 1. The van der Waals surface area contributed by atoms with Crippen molar-refractivity contribution in [1.82, 2.24) is 9.88 Å². The van der Waals surface area contributed by atoms with Crippen molar-refractivity contribution in [2.45, 2.75) is 19.6 Å². The molecular formula is C28H24N2O4. The Morgan fingerprint density at radius 3 is 2.26 bits per heavy atom. The van der Waals surface area contributed by atoms with Crippen LogP contribution in [0.25, 0.3) is 21.9 Å². The molecule has 1 aliphatic rings. The molecule has 34 heavy (non-hydrogen) atoms. The van der Waals surface area contributed by atoms with Crippen molar-refractivity contribution < 1.29 is 19.1 Å². The first-order valence-corrected chi connectivity index (χ1v) is 11.2. The van der Waals surface area contributed by atoms with Gasteiger partial charge in [-0.05, 0) is 48.2 Å². The second kappa shape index (κ2) is 9.08. The molecule has 2 amide bonds. The molecule has 1 atom stereocenters. The van der Waals surface area contributed by atoms with E-state index in [1.54, 1.807) is 24.3 Å². The number of pyridine rings is 1. The van der Waals surface area contributed by atoms with Crippen LogP contribution in [-0.2, 0) is 4.74 Å². The van der Waals surface area contributed by atoms with E-state index < -0.39 is 6.23 Å². The Kier molecular flexibility index (Phi) is 5.82. The van der Waals surface area contributed by atoms with Crippen LogP contribution in [0.15, 0.2) is 79.0 Å². The van der Waals surface area contributed by atoms with Crippen molar-refractivity contribution in [3.05, 3.63) is 95.8 Å². The van der Waals surface area contributed by atoms with E-state index in [0.29, 0.717) is 23.3 Å². The Morgan fingerprint density at radius 1 is 0.912 bits per heavy atom. The van der Waals surface area contributed by atoms with Gasteiger partial charge < -0.3 is 9.47 Å². The number of methoxy groups -OCH3 is 1. The van der Waals surface area contributed by atoms with Gasteiger partial charge >= 0.3 is 0 Å². The number of amides is 2. The quantitative estimate of drug-likeness (QED) is 0.358.